The first-order valence-electron chi connectivity index (χ1n) is 11.0. The quantitative estimate of drug-likeness (QED) is 0.556. The maximum absolute atomic E-state index is 15.0. The Kier molecular flexibility index (Phi) is 5.40. The highest BCUT2D eigenvalue weighted by Crippen LogP contribution is 2.40. The van der Waals surface area contributed by atoms with Crippen LogP contribution in [0.25, 0.3) is 5.65 Å². The maximum atomic E-state index is 15.0. The van der Waals surface area contributed by atoms with Crippen LogP contribution in [0, 0.1) is 12.7 Å². The van der Waals surface area contributed by atoms with E-state index >= 15 is 4.39 Å². The molecule has 2 aromatic heterocycles. The Balaban J connectivity index is 1.54. The number of carbonyl (C=O) groups is 1. The van der Waals surface area contributed by atoms with E-state index in [1.165, 1.54) is 0 Å². The molecule has 0 spiro atoms. The van der Waals surface area contributed by atoms with Gasteiger partial charge in [-0.2, -0.15) is 13.2 Å². The molecule has 2 aliphatic rings. The number of hydrogen-bond acceptors (Lipinski definition) is 4. The van der Waals surface area contributed by atoms with Gasteiger partial charge in [0, 0.05) is 37.2 Å². The van der Waals surface area contributed by atoms with E-state index in [-0.39, 0.29) is 30.8 Å². The number of alkyl halides is 3. The van der Waals surface area contributed by atoms with Crippen LogP contribution < -0.4 is 5.32 Å². The van der Waals surface area contributed by atoms with Gasteiger partial charge in [-0.05, 0) is 48.9 Å². The third-order valence-corrected chi connectivity index (χ3v) is 6.69. The Morgan fingerprint density at radius 1 is 1.29 bits per heavy atom. The normalized spacial score (nSPS) is 23.3. The van der Waals surface area contributed by atoms with Gasteiger partial charge in [0.25, 0.3) is 5.91 Å². The highest BCUT2D eigenvalue weighted by atomic mass is 19.4. The van der Waals surface area contributed by atoms with Gasteiger partial charge in [0.2, 0.25) is 0 Å². The van der Waals surface area contributed by atoms with E-state index in [2.05, 4.69) is 10.3 Å². The van der Waals surface area contributed by atoms with Crippen molar-refractivity contribution in [2.45, 2.75) is 49.9 Å². The molecule has 1 aromatic carbocycles. The molecule has 10 heteroatoms. The van der Waals surface area contributed by atoms with E-state index < -0.39 is 35.1 Å². The molecule has 1 saturated heterocycles. The van der Waals surface area contributed by atoms with E-state index in [9.17, 15) is 23.1 Å². The van der Waals surface area contributed by atoms with Crippen LogP contribution in [0.4, 0.5) is 17.6 Å². The van der Waals surface area contributed by atoms with Crippen LogP contribution in [0.15, 0.2) is 36.8 Å². The molecular formula is C24H23F4N3O3. The lowest BCUT2D eigenvalue weighted by molar-refractivity contribution is -0.137. The summed E-state index contributed by atoms with van der Waals surface area (Å²) in [5.74, 6) is -1.30. The van der Waals surface area contributed by atoms with Gasteiger partial charge in [-0.25, -0.2) is 9.37 Å². The summed E-state index contributed by atoms with van der Waals surface area (Å²) in [7, 11) is 0. The molecule has 2 atom stereocenters. The number of aromatic nitrogens is 2. The summed E-state index contributed by atoms with van der Waals surface area (Å²) in [5.41, 5.74) is -0.675. The number of nitrogens with one attached hydrogen (secondary N) is 1. The third kappa shape index (κ3) is 3.84. The second-order valence-corrected chi connectivity index (χ2v) is 9.04. The molecule has 180 valence electrons. The van der Waals surface area contributed by atoms with E-state index in [0.29, 0.717) is 23.2 Å². The molecule has 1 saturated carbocycles. The number of nitrogens with zero attached hydrogens (tertiary/aromatic N) is 2. The summed E-state index contributed by atoms with van der Waals surface area (Å²) in [6.07, 6.45) is 1.51. The number of amides is 1. The fourth-order valence-electron chi connectivity index (χ4n) is 4.69. The second kappa shape index (κ2) is 8.06. The highest BCUT2D eigenvalue weighted by Gasteiger charge is 2.46. The smallest absolute Gasteiger partial charge is 0.388 e. The molecule has 2 unspecified atom stereocenters. The number of halogens is 4. The van der Waals surface area contributed by atoms with Crippen molar-refractivity contribution in [3.8, 4) is 0 Å². The van der Waals surface area contributed by atoms with E-state index in [0.717, 1.165) is 30.5 Å². The van der Waals surface area contributed by atoms with Crippen LogP contribution in [0.3, 0.4) is 0 Å². The molecule has 6 nitrogen and oxygen atoms in total. The zero-order valence-electron chi connectivity index (χ0n) is 18.3. The summed E-state index contributed by atoms with van der Waals surface area (Å²) in [6, 6.07) is 2.09. The molecular weight excluding hydrogens is 454 g/mol. The van der Waals surface area contributed by atoms with E-state index in [4.69, 9.17) is 4.74 Å². The van der Waals surface area contributed by atoms with Crippen molar-refractivity contribution in [1.82, 2.24) is 14.7 Å². The molecule has 2 N–H and O–H groups in total. The number of ether oxygens (including phenoxy) is 1. The monoisotopic (exact) mass is 477 g/mol. The molecule has 0 radical (unpaired) electrons. The number of fused-ring (bicyclic) bond motifs is 1. The minimum absolute atomic E-state index is 0.0215. The Morgan fingerprint density at radius 2 is 2.06 bits per heavy atom. The summed E-state index contributed by atoms with van der Waals surface area (Å²) in [6.45, 7) is 1.61. The zero-order chi connectivity index (χ0) is 24.3. The summed E-state index contributed by atoms with van der Waals surface area (Å²) in [5, 5.41) is 13.5. The molecule has 3 heterocycles. The second-order valence-electron chi connectivity index (χ2n) is 9.04. The molecule has 3 aromatic rings. The van der Waals surface area contributed by atoms with E-state index in [1.807, 2.05) is 6.20 Å². The fraction of sp³-hybridized carbons (Fsp3) is 0.417. The number of carbonyl (C=O) groups excluding carboxylic acids is 1. The first-order chi connectivity index (χ1) is 16.1. The van der Waals surface area contributed by atoms with Crippen LogP contribution in [-0.4, -0.2) is 39.7 Å². The van der Waals surface area contributed by atoms with Crippen molar-refractivity contribution in [3.05, 3.63) is 70.4 Å². The lowest BCUT2D eigenvalue weighted by atomic mass is 9.79. The van der Waals surface area contributed by atoms with Crippen molar-refractivity contribution >= 4 is 11.6 Å². The van der Waals surface area contributed by atoms with Crippen LogP contribution >= 0.6 is 0 Å². The van der Waals surface area contributed by atoms with Crippen molar-refractivity contribution in [2.75, 3.05) is 13.2 Å². The topological polar surface area (TPSA) is 75.9 Å². The molecule has 1 aliphatic carbocycles. The third-order valence-electron chi connectivity index (χ3n) is 6.69. The highest BCUT2D eigenvalue weighted by molar-refractivity contribution is 6.02. The minimum Gasteiger partial charge on any atom is -0.388 e. The summed E-state index contributed by atoms with van der Waals surface area (Å²) < 4.78 is 61.3. The molecule has 1 amide bonds. The van der Waals surface area contributed by atoms with Gasteiger partial charge in [0.05, 0.1) is 23.3 Å². The number of hydrogen-bond donors (Lipinski definition) is 2. The van der Waals surface area contributed by atoms with Crippen LogP contribution in [-0.2, 0) is 16.5 Å². The van der Waals surface area contributed by atoms with Crippen LogP contribution in [0.5, 0.6) is 0 Å². The Labute approximate surface area is 192 Å². The largest absolute Gasteiger partial charge is 0.416 e. The van der Waals surface area contributed by atoms with Gasteiger partial charge >= 0.3 is 6.18 Å². The van der Waals surface area contributed by atoms with Gasteiger partial charge < -0.3 is 19.6 Å². The molecule has 2 fully saturated rings. The molecule has 34 heavy (non-hydrogen) atoms. The van der Waals surface area contributed by atoms with Crippen LogP contribution in [0.1, 0.15) is 57.8 Å². The standard InChI is InChI=1S/C24H23F4N3O3/c1-13-10-31-11-15(14-2-3-14)9-29-21(31)20(13)22(33)30-23(6-7-34-12-19(23)32)17-5-4-16(8-18(17)25)24(26,27)28/h4-5,8-11,14,19,32H,2-3,6-7,12H2,1H3,(H,30,33). The van der Waals surface area contributed by atoms with Gasteiger partial charge in [-0.1, -0.05) is 6.07 Å². The fourth-order valence-corrected chi connectivity index (χ4v) is 4.69. The summed E-state index contributed by atoms with van der Waals surface area (Å²) >= 11 is 0. The lowest BCUT2D eigenvalue weighted by Crippen LogP contribution is -2.59. The van der Waals surface area contributed by atoms with Gasteiger partial charge in [-0.15, -0.1) is 0 Å². The van der Waals surface area contributed by atoms with Crippen molar-refractivity contribution in [2.24, 2.45) is 0 Å². The first kappa shape index (κ1) is 22.8. The van der Waals surface area contributed by atoms with Gasteiger partial charge in [0.15, 0.2) is 0 Å². The maximum Gasteiger partial charge on any atom is 0.416 e. The first-order valence-corrected chi connectivity index (χ1v) is 11.0. The number of aryl methyl sites for hydroxylation is 1. The number of benzene rings is 1. The average molecular weight is 477 g/mol. The van der Waals surface area contributed by atoms with Crippen molar-refractivity contribution < 1.29 is 32.2 Å². The van der Waals surface area contributed by atoms with Crippen molar-refractivity contribution in [1.29, 1.82) is 0 Å². The molecule has 1 aliphatic heterocycles. The number of aliphatic hydroxyl groups excluding tert-OH is 1. The molecule has 0 bridgehead atoms. The van der Waals surface area contributed by atoms with Crippen molar-refractivity contribution in [3.63, 3.8) is 0 Å². The lowest BCUT2D eigenvalue weighted by Gasteiger charge is -2.42. The summed E-state index contributed by atoms with van der Waals surface area (Å²) in [4.78, 5) is 17.9. The average Bonchev–Trinajstić information content (AvgIpc) is 3.56. The molecule has 5 rings (SSSR count). The predicted molar refractivity (Wildman–Crippen MR) is 114 cm³/mol. The predicted octanol–water partition coefficient (Wildman–Crippen LogP) is 4.08. The van der Waals surface area contributed by atoms with Gasteiger partial charge in [-0.3, -0.25) is 4.79 Å². The van der Waals surface area contributed by atoms with Gasteiger partial charge in [0.1, 0.15) is 17.6 Å². The van der Waals surface area contributed by atoms with E-state index in [1.54, 1.807) is 23.7 Å². The Hall–Kier alpha value is -2.98. The number of rotatable bonds is 4. The zero-order valence-corrected chi connectivity index (χ0v) is 18.3. The Bertz CT molecular complexity index is 1270. The van der Waals surface area contributed by atoms with Crippen LogP contribution in [0.2, 0.25) is 0 Å². The minimum atomic E-state index is -4.72. The SMILES string of the molecule is Cc1cn2cc(C3CC3)cnc2c1C(=O)NC1(c2ccc(C(F)(F)F)cc2F)CCOCC1O. The number of aliphatic hydroxyl groups is 1. The Morgan fingerprint density at radius 3 is 2.71 bits per heavy atom.